The smallest absolute Gasteiger partial charge is 0.151 e. The Morgan fingerprint density at radius 3 is 2.35 bits per heavy atom. The van der Waals surface area contributed by atoms with Crippen molar-refractivity contribution >= 4 is 33.0 Å². The number of benzene rings is 1. The molecule has 0 radical (unpaired) electrons. The molecule has 0 bridgehead atoms. The summed E-state index contributed by atoms with van der Waals surface area (Å²) < 4.78 is 23.2. The third-order valence-corrected chi connectivity index (χ3v) is 5.23. The van der Waals surface area contributed by atoms with Crippen molar-refractivity contribution in [1.29, 1.82) is 0 Å². The van der Waals surface area contributed by atoms with Gasteiger partial charge in [0.2, 0.25) is 0 Å². The first-order valence-electron chi connectivity index (χ1n) is 5.09. The third-order valence-electron chi connectivity index (χ3n) is 2.77. The molecule has 1 N–H and O–H groups in total. The molecule has 0 amide bonds. The van der Waals surface area contributed by atoms with Gasteiger partial charge in [0, 0.05) is 12.3 Å². The molecule has 0 saturated carbocycles. The van der Waals surface area contributed by atoms with E-state index >= 15 is 0 Å². The molecule has 0 aromatic heterocycles. The number of hydrogen-bond acceptors (Lipinski definition) is 3. The molecule has 96 valence electrons. The van der Waals surface area contributed by atoms with Crippen molar-refractivity contribution in [2.75, 3.05) is 13.3 Å². The van der Waals surface area contributed by atoms with Crippen LogP contribution in [-0.4, -0.2) is 27.0 Å². The van der Waals surface area contributed by atoms with Crippen LogP contribution in [0.5, 0.6) is 0 Å². The average molecular weight is 296 g/mol. The standard InChI is InChI=1S/C11H15Cl2NO2S/c1-7(17(3,15)16)11(14-2)8-5-4-6-9(12)10(8)13/h4-7,11,14H,1-3H3. The predicted molar refractivity (Wildman–Crippen MR) is 72.6 cm³/mol. The average Bonchev–Trinajstić information content (AvgIpc) is 2.23. The summed E-state index contributed by atoms with van der Waals surface area (Å²) in [7, 11) is -1.46. The van der Waals surface area contributed by atoms with Crippen molar-refractivity contribution < 1.29 is 8.42 Å². The van der Waals surface area contributed by atoms with Gasteiger partial charge in [-0.15, -0.1) is 0 Å². The molecule has 2 atom stereocenters. The first-order valence-corrected chi connectivity index (χ1v) is 7.80. The van der Waals surface area contributed by atoms with Crippen LogP contribution in [0.1, 0.15) is 18.5 Å². The molecule has 1 rings (SSSR count). The van der Waals surface area contributed by atoms with Crippen molar-refractivity contribution in [3.8, 4) is 0 Å². The lowest BCUT2D eigenvalue weighted by molar-refractivity contribution is 0.535. The topological polar surface area (TPSA) is 46.2 Å². The molecule has 1 aromatic rings. The Bertz CT molecular complexity index is 502. The largest absolute Gasteiger partial charge is 0.312 e. The quantitative estimate of drug-likeness (QED) is 0.929. The van der Waals surface area contributed by atoms with Gasteiger partial charge in [0.05, 0.1) is 15.3 Å². The number of halogens is 2. The highest BCUT2D eigenvalue weighted by Gasteiger charge is 2.27. The van der Waals surface area contributed by atoms with E-state index < -0.39 is 15.1 Å². The second kappa shape index (κ2) is 5.57. The minimum Gasteiger partial charge on any atom is -0.312 e. The summed E-state index contributed by atoms with van der Waals surface area (Å²) in [5.74, 6) is 0. The highest BCUT2D eigenvalue weighted by atomic mass is 35.5. The number of sulfone groups is 1. The van der Waals surface area contributed by atoms with E-state index in [0.717, 1.165) is 0 Å². The predicted octanol–water partition coefficient (Wildman–Crippen LogP) is 2.69. The Kier molecular flexibility index (Phi) is 4.84. The van der Waals surface area contributed by atoms with Crippen LogP contribution >= 0.6 is 23.2 Å². The van der Waals surface area contributed by atoms with E-state index in [4.69, 9.17) is 23.2 Å². The molecule has 3 nitrogen and oxygen atoms in total. The van der Waals surface area contributed by atoms with Crippen LogP contribution in [-0.2, 0) is 9.84 Å². The normalized spacial score (nSPS) is 15.6. The van der Waals surface area contributed by atoms with E-state index in [1.807, 2.05) is 0 Å². The van der Waals surface area contributed by atoms with E-state index in [1.54, 1.807) is 32.2 Å². The molecule has 0 fully saturated rings. The van der Waals surface area contributed by atoms with Gasteiger partial charge in [-0.25, -0.2) is 8.42 Å². The summed E-state index contributed by atoms with van der Waals surface area (Å²) in [5.41, 5.74) is 0.694. The molecule has 2 unspecified atom stereocenters. The fourth-order valence-electron chi connectivity index (χ4n) is 1.65. The Labute approximate surface area is 112 Å². The number of rotatable bonds is 4. The molecule has 0 aliphatic heterocycles. The Hall–Kier alpha value is -0.290. The molecule has 0 saturated heterocycles. The minimum absolute atomic E-state index is 0.379. The van der Waals surface area contributed by atoms with Crippen molar-refractivity contribution in [3.63, 3.8) is 0 Å². The summed E-state index contributed by atoms with van der Waals surface area (Å²) >= 11 is 12.0. The maximum absolute atomic E-state index is 11.6. The van der Waals surface area contributed by atoms with Crippen molar-refractivity contribution in [1.82, 2.24) is 5.32 Å². The van der Waals surface area contributed by atoms with E-state index in [-0.39, 0.29) is 6.04 Å². The van der Waals surface area contributed by atoms with Gasteiger partial charge < -0.3 is 5.32 Å². The van der Waals surface area contributed by atoms with Gasteiger partial charge in [0.1, 0.15) is 0 Å². The first-order chi connectivity index (χ1) is 7.79. The van der Waals surface area contributed by atoms with Gasteiger partial charge in [-0.2, -0.15) is 0 Å². The second-order valence-electron chi connectivity index (χ2n) is 3.94. The van der Waals surface area contributed by atoms with Crippen molar-refractivity contribution in [3.05, 3.63) is 33.8 Å². The van der Waals surface area contributed by atoms with E-state index in [1.165, 1.54) is 6.26 Å². The Morgan fingerprint density at radius 1 is 1.29 bits per heavy atom. The molecular formula is C11H15Cl2NO2S. The highest BCUT2D eigenvalue weighted by Crippen LogP contribution is 2.32. The Balaban J connectivity index is 3.24. The fourth-order valence-corrected chi connectivity index (χ4v) is 2.85. The van der Waals surface area contributed by atoms with Crippen molar-refractivity contribution in [2.45, 2.75) is 18.2 Å². The lowest BCUT2D eigenvalue weighted by Crippen LogP contribution is -2.33. The van der Waals surface area contributed by atoms with Gasteiger partial charge in [-0.3, -0.25) is 0 Å². The monoisotopic (exact) mass is 295 g/mol. The lowest BCUT2D eigenvalue weighted by Gasteiger charge is -2.23. The van der Waals surface area contributed by atoms with Crippen LogP contribution in [0.3, 0.4) is 0 Å². The number of nitrogens with one attached hydrogen (secondary N) is 1. The second-order valence-corrected chi connectivity index (χ2v) is 7.13. The SMILES string of the molecule is CNC(c1cccc(Cl)c1Cl)C(C)S(C)(=O)=O. The zero-order valence-corrected chi connectivity index (χ0v) is 12.2. The number of hydrogen-bond donors (Lipinski definition) is 1. The summed E-state index contributed by atoms with van der Waals surface area (Å²) in [6, 6.07) is 4.82. The van der Waals surface area contributed by atoms with E-state index in [9.17, 15) is 8.42 Å². The van der Waals surface area contributed by atoms with E-state index in [0.29, 0.717) is 15.6 Å². The Morgan fingerprint density at radius 2 is 1.88 bits per heavy atom. The minimum atomic E-state index is -3.16. The summed E-state index contributed by atoms with van der Waals surface area (Å²) in [4.78, 5) is 0. The molecule has 0 aliphatic rings. The zero-order chi connectivity index (χ0) is 13.2. The summed E-state index contributed by atoms with van der Waals surface area (Å²) in [5, 5.41) is 3.20. The van der Waals surface area contributed by atoms with Crippen LogP contribution in [0, 0.1) is 0 Å². The van der Waals surface area contributed by atoms with Gasteiger partial charge in [0.25, 0.3) is 0 Å². The van der Waals surface area contributed by atoms with E-state index in [2.05, 4.69) is 5.32 Å². The zero-order valence-electron chi connectivity index (χ0n) is 9.87. The molecule has 1 aromatic carbocycles. The molecule has 17 heavy (non-hydrogen) atoms. The van der Waals surface area contributed by atoms with Gasteiger partial charge in [-0.1, -0.05) is 35.3 Å². The first kappa shape index (κ1) is 14.8. The van der Waals surface area contributed by atoms with Gasteiger partial charge >= 0.3 is 0 Å². The molecule has 0 heterocycles. The molecule has 0 aliphatic carbocycles. The maximum Gasteiger partial charge on any atom is 0.151 e. The molecule has 6 heteroatoms. The van der Waals surface area contributed by atoms with Crippen LogP contribution < -0.4 is 5.32 Å². The third kappa shape index (κ3) is 3.35. The fraction of sp³-hybridized carbons (Fsp3) is 0.455. The highest BCUT2D eigenvalue weighted by molar-refractivity contribution is 7.91. The summed E-state index contributed by atoms with van der Waals surface area (Å²) in [6.07, 6.45) is 1.21. The van der Waals surface area contributed by atoms with Crippen LogP contribution in [0.25, 0.3) is 0 Å². The van der Waals surface area contributed by atoms with Crippen LogP contribution in [0.2, 0.25) is 10.0 Å². The molecule has 0 spiro atoms. The molecular weight excluding hydrogens is 281 g/mol. The lowest BCUT2D eigenvalue weighted by atomic mass is 10.0. The van der Waals surface area contributed by atoms with Crippen LogP contribution in [0.15, 0.2) is 18.2 Å². The van der Waals surface area contributed by atoms with Gasteiger partial charge in [-0.05, 0) is 25.6 Å². The summed E-state index contributed by atoms with van der Waals surface area (Å²) in [6.45, 7) is 1.65. The van der Waals surface area contributed by atoms with Crippen molar-refractivity contribution in [2.24, 2.45) is 0 Å². The maximum atomic E-state index is 11.6. The van der Waals surface area contributed by atoms with Crippen LogP contribution in [0.4, 0.5) is 0 Å². The van der Waals surface area contributed by atoms with Gasteiger partial charge in [0.15, 0.2) is 9.84 Å².